The summed E-state index contributed by atoms with van der Waals surface area (Å²) in [4.78, 5) is 35.7. The zero-order valence-electron chi connectivity index (χ0n) is 14.8. The van der Waals surface area contributed by atoms with E-state index in [9.17, 15) is 14.4 Å². The molecule has 1 aliphatic rings. The number of carbonyl (C=O) groups excluding carboxylic acids is 2. The fourth-order valence-electron chi connectivity index (χ4n) is 3.49. The van der Waals surface area contributed by atoms with Crippen molar-refractivity contribution in [2.24, 2.45) is 0 Å². The second-order valence-electron chi connectivity index (χ2n) is 6.45. The maximum Gasteiger partial charge on any atom is 0.337 e. The third-order valence-corrected chi connectivity index (χ3v) is 4.80. The number of hydrogen-bond donors (Lipinski definition) is 0. The number of ether oxygens (including phenoxy) is 2. The summed E-state index contributed by atoms with van der Waals surface area (Å²) in [5, 5.41) is 0.794. The Morgan fingerprint density at radius 3 is 2.56 bits per heavy atom. The highest BCUT2D eigenvalue weighted by Gasteiger charge is 2.32. The lowest BCUT2D eigenvalue weighted by Crippen LogP contribution is -2.21. The van der Waals surface area contributed by atoms with E-state index in [-0.39, 0.29) is 18.3 Å². The van der Waals surface area contributed by atoms with E-state index in [1.54, 1.807) is 36.4 Å². The van der Waals surface area contributed by atoms with Gasteiger partial charge in [-0.3, -0.25) is 4.79 Å². The van der Waals surface area contributed by atoms with Crippen molar-refractivity contribution in [1.29, 1.82) is 0 Å². The first-order valence-electron chi connectivity index (χ1n) is 8.44. The third kappa shape index (κ3) is 2.89. The normalized spacial score (nSPS) is 15.9. The number of esters is 2. The van der Waals surface area contributed by atoms with Crippen LogP contribution in [0.15, 0.2) is 51.7 Å². The minimum absolute atomic E-state index is 0.112. The van der Waals surface area contributed by atoms with Gasteiger partial charge in [0.15, 0.2) is 0 Å². The van der Waals surface area contributed by atoms with E-state index >= 15 is 0 Å². The van der Waals surface area contributed by atoms with Gasteiger partial charge < -0.3 is 13.9 Å². The molecule has 0 saturated heterocycles. The molecule has 2 aromatic carbocycles. The topological polar surface area (TPSA) is 82.8 Å². The third-order valence-electron chi connectivity index (χ3n) is 4.80. The quantitative estimate of drug-likeness (QED) is 0.394. The van der Waals surface area contributed by atoms with Crippen molar-refractivity contribution in [3.05, 3.63) is 75.1 Å². The number of aryl methyl sites for hydroxylation is 1. The van der Waals surface area contributed by atoms with Gasteiger partial charge in [-0.15, -0.1) is 0 Å². The summed E-state index contributed by atoms with van der Waals surface area (Å²) in [6.45, 7) is 1.83. The summed E-state index contributed by atoms with van der Waals surface area (Å²) in [7, 11) is 1.32. The van der Waals surface area contributed by atoms with Crippen LogP contribution in [0, 0.1) is 6.92 Å². The van der Waals surface area contributed by atoms with Gasteiger partial charge in [0.1, 0.15) is 11.3 Å². The molecule has 2 heterocycles. The molecule has 0 saturated carbocycles. The molecule has 136 valence electrons. The van der Waals surface area contributed by atoms with Gasteiger partial charge in [-0.05, 0) is 42.3 Å². The van der Waals surface area contributed by atoms with Crippen LogP contribution in [-0.2, 0) is 9.53 Å². The van der Waals surface area contributed by atoms with E-state index in [2.05, 4.69) is 0 Å². The molecule has 1 aromatic heterocycles. The summed E-state index contributed by atoms with van der Waals surface area (Å²) < 4.78 is 15.6. The van der Waals surface area contributed by atoms with Gasteiger partial charge in [0, 0.05) is 22.9 Å². The average molecular weight is 364 g/mol. The Labute approximate surface area is 154 Å². The molecule has 6 nitrogen and oxygen atoms in total. The second kappa shape index (κ2) is 6.39. The lowest BCUT2D eigenvalue weighted by Gasteiger charge is -2.25. The molecular formula is C21H16O6. The molecule has 0 bridgehead atoms. The van der Waals surface area contributed by atoms with Gasteiger partial charge in [0.05, 0.1) is 19.1 Å². The molecule has 1 aliphatic heterocycles. The minimum Gasteiger partial charge on any atom is -0.465 e. The smallest absolute Gasteiger partial charge is 0.337 e. The SMILES string of the molecule is COC(=O)c1ccc([C@@H]2CC(=O)Oc3ccc4c(C)cc(=O)oc4c32)cc1. The highest BCUT2D eigenvalue weighted by atomic mass is 16.5. The Morgan fingerprint density at radius 1 is 1.11 bits per heavy atom. The standard InChI is InChI=1S/C21H16O6/c1-11-9-17(22)27-20-14(11)7-8-16-19(20)15(10-18(23)26-16)12-3-5-13(6-4-12)21(24)25-2/h3-9,15H,10H2,1-2H3/t15-/m0/s1. The molecule has 0 fully saturated rings. The molecule has 4 rings (SSSR count). The van der Waals surface area contributed by atoms with Crippen LogP contribution in [-0.4, -0.2) is 19.0 Å². The Kier molecular flexibility index (Phi) is 4.03. The lowest BCUT2D eigenvalue weighted by molar-refractivity contribution is -0.135. The van der Waals surface area contributed by atoms with Gasteiger partial charge in [-0.1, -0.05) is 12.1 Å². The van der Waals surface area contributed by atoms with Gasteiger partial charge in [0.25, 0.3) is 0 Å². The molecular weight excluding hydrogens is 348 g/mol. The summed E-state index contributed by atoms with van der Waals surface area (Å²) >= 11 is 0. The van der Waals surface area contributed by atoms with Crippen LogP contribution in [0.4, 0.5) is 0 Å². The molecule has 0 aliphatic carbocycles. The monoisotopic (exact) mass is 364 g/mol. The minimum atomic E-state index is -0.454. The Bertz CT molecular complexity index is 1120. The Hall–Kier alpha value is -3.41. The summed E-state index contributed by atoms with van der Waals surface area (Å²) in [5.74, 6) is -0.757. The number of fused-ring (bicyclic) bond motifs is 3. The van der Waals surface area contributed by atoms with Crippen molar-refractivity contribution in [3.8, 4) is 5.75 Å². The fourth-order valence-corrected chi connectivity index (χ4v) is 3.49. The number of carbonyl (C=O) groups is 2. The van der Waals surface area contributed by atoms with Crippen molar-refractivity contribution in [2.75, 3.05) is 7.11 Å². The number of hydrogen-bond acceptors (Lipinski definition) is 6. The van der Waals surface area contributed by atoms with Crippen LogP contribution in [0.1, 0.15) is 39.4 Å². The van der Waals surface area contributed by atoms with E-state index in [0.717, 1.165) is 16.5 Å². The highest BCUT2D eigenvalue weighted by molar-refractivity contribution is 5.91. The average Bonchev–Trinajstić information content (AvgIpc) is 2.66. The molecule has 0 N–H and O–H groups in total. The Morgan fingerprint density at radius 2 is 1.85 bits per heavy atom. The van der Waals surface area contributed by atoms with E-state index in [0.29, 0.717) is 22.5 Å². The van der Waals surface area contributed by atoms with Crippen molar-refractivity contribution in [1.82, 2.24) is 0 Å². The van der Waals surface area contributed by atoms with Gasteiger partial charge in [0.2, 0.25) is 0 Å². The molecule has 3 aromatic rings. The van der Waals surface area contributed by atoms with Gasteiger partial charge >= 0.3 is 17.6 Å². The zero-order valence-corrected chi connectivity index (χ0v) is 14.8. The molecule has 0 radical (unpaired) electrons. The van der Waals surface area contributed by atoms with Crippen LogP contribution in [0.25, 0.3) is 11.0 Å². The second-order valence-corrected chi connectivity index (χ2v) is 6.45. The van der Waals surface area contributed by atoms with Crippen molar-refractivity contribution < 1.29 is 23.5 Å². The van der Waals surface area contributed by atoms with Crippen LogP contribution in [0.3, 0.4) is 0 Å². The van der Waals surface area contributed by atoms with Gasteiger partial charge in [-0.2, -0.15) is 0 Å². The summed E-state index contributed by atoms with van der Waals surface area (Å²) in [5.41, 5.74) is 2.66. The number of methoxy groups -OCH3 is 1. The summed E-state index contributed by atoms with van der Waals surface area (Å²) in [6, 6.07) is 11.8. The molecule has 1 atom stereocenters. The molecule has 0 unspecified atom stereocenters. The number of rotatable bonds is 2. The van der Waals surface area contributed by atoms with E-state index < -0.39 is 11.6 Å². The van der Waals surface area contributed by atoms with Crippen molar-refractivity contribution >= 4 is 22.9 Å². The largest absolute Gasteiger partial charge is 0.465 e. The molecule has 0 spiro atoms. The van der Waals surface area contributed by atoms with Crippen LogP contribution >= 0.6 is 0 Å². The van der Waals surface area contributed by atoms with Crippen molar-refractivity contribution in [2.45, 2.75) is 19.3 Å². The van der Waals surface area contributed by atoms with E-state index in [1.165, 1.54) is 13.2 Å². The van der Waals surface area contributed by atoms with Crippen LogP contribution < -0.4 is 10.4 Å². The van der Waals surface area contributed by atoms with Crippen LogP contribution in [0.2, 0.25) is 0 Å². The van der Waals surface area contributed by atoms with Crippen LogP contribution in [0.5, 0.6) is 5.75 Å². The molecule has 6 heteroatoms. The van der Waals surface area contributed by atoms with E-state index in [1.807, 2.05) is 6.92 Å². The predicted octanol–water partition coefficient (Wildman–Crippen LogP) is 3.33. The fraction of sp³-hybridized carbons (Fsp3) is 0.190. The Balaban J connectivity index is 1.91. The first-order chi connectivity index (χ1) is 13.0. The first-order valence-corrected chi connectivity index (χ1v) is 8.44. The maximum atomic E-state index is 12.1. The predicted molar refractivity (Wildman–Crippen MR) is 97.1 cm³/mol. The summed E-state index contributed by atoms with van der Waals surface area (Å²) in [6.07, 6.45) is 0.112. The lowest BCUT2D eigenvalue weighted by atomic mass is 9.84. The molecule has 27 heavy (non-hydrogen) atoms. The highest BCUT2D eigenvalue weighted by Crippen LogP contribution is 2.43. The zero-order chi connectivity index (χ0) is 19.1. The number of benzene rings is 2. The van der Waals surface area contributed by atoms with Crippen molar-refractivity contribution in [3.63, 3.8) is 0 Å². The maximum absolute atomic E-state index is 12.1. The molecule has 0 amide bonds. The first kappa shape index (κ1) is 17.0. The van der Waals surface area contributed by atoms with Gasteiger partial charge in [-0.25, -0.2) is 9.59 Å². The van der Waals surface area contributed by atoms with E-state index in [4.69, 9.17) is 13.9 Å².